The zero-order chi connectivity index (χ0) is 19.5. The van der Waals surface area contributed by atoms with Gasteiger partial charge in [0.1, 0.15) is 12.1 Å². The summed E-state index contributed by atoms with van der Waals surface area (Å²) in [6, 6.07) is 16.5. The van der Waals surface area contributed by atoms with E-state index in [1.54, 1.807) is 16.8 Å². The molecule has 0 spiro atoms. The number of nitro groups is 1. The fourth-order valence-electron chi connectivity index (χ4n) is 3.12. The molecule has 2 aromatic heterocycles. The molecule has 0 unspecified atom stereocenters. The number of non-ortho nitro benzene ring substituents is 1. The summed E-state index contributed by atoms with van der Waals surface area (Å²) in [6.07, 6.45) is 2.37. The van der Waals surface area contributed by atoms with Crippen molar-refractivity contribution in [2.75, 3.05) is 11.9 Å². The van der Waals surface area contributed by atoms with Crippen LogP contribution in [0.15, 0.2) is 60.9 Å². The Morgan fingerprint density at radius 3 is 2.54 bits per heavy atom. The summed E-state index contributed by atoms with van der Waals surface area (Å²) in [7, 11) is 0. The quantitative estimate of drug-likeness (QED) is 0.408. The molecule has 1 N–H and O–H groups in total. The van der Waals surface area contributed by atoms with Crippen LogP contribution in [0.5, 0.6) is 0 Å². The maximum atomic E-state index is 10.9. The first-order valence-corrected chi connectivity index (χ1v) is 8.86. The van der Waals surface area contributed by atoms with Crippen LogP contribution in [0.25, 0.3) is 16.7 Å². The molecule has 0 amide bonds. The third kappa shape index (κ3) is 3.39. The largest absolute Gasteiger partial charge is 0.369 e. The molecule has 0 atom stereocenters. The third-order valence-corrected chi connectivity index (χ3v) is 4.49. The lowest BCUT2D eigenvalue weighted by molar-refractivity contribution is -0.384. The van der Waals surface area contributed by atoms with Gasteiger partial charge >= 0.3 is 0 Å². The highest BCUT2D eigenvalue weighted by molar-refractivity contribution is 5.90. The van der Waals surface area contributed by atoms with Gasteiger partial charge < -0.3 is 5.32 Å². The number of nitrogens with one attached hydrogen (secondary N) is 1. The van der Waals surface area contributed by atoms with Crippen molar-refractivity contribution in [3.63, 3.8) is 0 Å². The van der Waals surface area contributed by atoms with E-state index in [2.05, 4.69) is 32.5 Å². The van der Waals surface area contributed by atoms with Crippen LogP contribution >= 0.6 is 0 Å². The van der Waals surface area contributed by atoms with Crippen LogP contribution in [-0.4, -0.2) is 31.2 Å². The number of aryl methyl sites for hydroxylation is 1. The van der Waals surface area contributed by atoms with Crippen LogP contribution < -0.4 is 5.32 Å². The van der Waals surface area contributed by atoms with Crippen molar-refractivity contribution in [3.8, 4) is 5.69 Å². The van der Waals surface area contributed by atoms with Crippen LogP contribution in [0, 0.1) is 17.0 Å². The Morgan fingerprint density at radius 2 is 1.82 bits per heavy atom. The zero-order valence-electron chi connectivity index (χ0n) is 15.2. The van der Waals surface area contributed by atoms with Gasteiger partial charge in [-0.05, 0) is 31.0 Å². The molecule has 8 heteroatoms. The van der Waals surface area contributed by atoms with Crippen molar-refractivity contribution in [2.24, 2.45) is 0 Å². The lowest BCUT2D eigenvalue weighted by Crippen LogP contribution is -2.07. The number of hydrogen-bond acceptors (Lipinski definition) is 6. The van der Waals surface area contributed by atoms with Crippen molar-refractivity contribution < 1.29 is 4.92 Å². The fraction of sp³-hybridized carbons (Fsp3) is 0.150. The average Bonchev–Trinajstić information content (AvgIpc) is 3.06. The molecule has 4 rings (SSSR count). The predicted molar refractivity (Wildman–Crippen MR) is 107 cm³/mol. The summed E-state index contributed by atoms with van der Waals surface area (Å²) in [5, 5.41) is 19.6. The van der Waals surface area contributed by atoms with Gasteiger partial charge in [-0.1, -0.05) is 30.3 Å². The van der Waals surface area contributed by atoms with Gasteiger partial charge in [0.05, 0.1) is 21.7 Å². The van der Waals surface area contributed by atoms with Crippen LogP contribution in [-0.2, 0) is 6.42 Å². The van der Waals surface area contributed by atoms with Gasteiger partial charge in [-0.3, -0.25) is 10.1 Å². The van der Waals surface area contributed by atoms with E-state index >= 15 is 0 Å². The third-order valence-electron chi connectivity index (χ3n) is 4.49. The van der Waals surface area contributed by atoms with E-state index in [0.29, 0.717) is 11.3 Å². The van der Waals surface area contributed by atoms with E-state index in [4.69, 9.17) is 0 Å². The Labute approximate surface area is 161 Å². The van der Waals surface area contributed by atoms with E-state index in [1.165, 1.54) is 24.0 Å². The number of fused-ring (bicyclic) bond motifs is 1. The van der Waals surface area contributed by atoms with Crippen LogP contribution in [0.2, 0.25) is 0 Å². The summed E-state index contributed by atoms with van der Waals surface area (Å²) in [5.41, 5.74) is 3.44. The summed E-state index contributed by atoms with van der Waals surface area (Å²) in [5.74, 6) is 0.728. The first kappa shape index (κ1) is 17.6. The molecule has 0 radical (unpaired) electrons. The molecule has 0 aliphatic heterocycles. The van der Waals surface area contributed by atoms with Gasteiger partial charge in [0.25, 0.3) is 5.69 Å². The molecule has 0 fully saturated rings. The van der Waals surface area contributed by atoms with Crippen molar-refractivity contribution in [1.29, 1.82) is 0 Å². The lowest BCUT2D eigenvalue weighted by Gasteiger charge is -2.07. The minimum absolute atomic E-state index is 0.0369. The number of anilines is 1. The maximum absolute atomic E-state index is 10.9. The molecule has 0 aliphatic carbocycles. The smallest absolute Gasteiger partial charge is 0.269 e. The molecule has 2 aromatic carbocycles. The van der Waals surface area contributed by atoms with Crippen molar-refractivity contribution in [1.82, 2.24) is 19.7 Å². The Balaban J connectivity index is 1.62. The standard InChI is InChI=1S/C20H18N6O2/c1-14-18-19(21-12-11-15-5-3-2-4-6-15)22-13-23-20(18)25(24-14)16-7-9-17(10-8-16)26(27)28/h2-10,13H,11-12H2,1H3,(H,21,22,23). The number of nitrogens with zero attached hydrogens (tertiary/aromatic N) is 5. The molecule has 28 heavy (non-hydrogen) atoms. The molecular formula is C20H18N6O2. The average molecular weight is 374 g/mol. The van der Waals surface area contributed by atoms with Gasteiger partial charge in [-0.2, -0.15) is 5.10 Å². The topological polar surface area (TPSA) is 98.8 Å². The maximum Gasteiger partial charge on any atom is 0.269 e. The Bertz CT molecular complexity index is 1120. The SMILES string of the molecule is Cc1nn(-c2ccc([N+](=O)[O-])cc2)c2ncnc(NCCc3ccccc3)c12. The second kappa shape index (κ2) is 7.43. The Hall–Kier alpha value is -3.81. The van der Waals surface area contributed by atoms with Gasteiger partial charge in [0.2, 0.25) is 0 Å². The molecule has 0 bridgehead atoms. The van der Waals surface area contributed by atoms with Gasteiger partial charge in [-0.25, -0.2) is 14.6 Å². The van der Waals surface area contributed by atoms with Crippen molar-refractivity contribution in [3.05, 3.63) is 82.3 Å². The number of nitro benzene ring substituents is 1. The molecule has 0 aliphatic rings. The van der Waals surface area contributed by atoms with E-state index in [0.717, 1.165) is 29.9 Å². The van der Waals surface area contributed by atoms with Crippen molar-refractivity contribution in [2.45, 2.75) is 13.3 Å². The molecule has 8 nitrogen and oxygen atoms in total. The van der Waals surface area contributed by atoms with Gasteiger partial charge in [-0.15, -0.1) is 0 Å². The van der Waals surface area contributed by atoms with E-state index < -0.39 is 4.92 Å². The van der Waals surface area contributed by atoms with Gasteiger partial charge in [0, 0.05) is 18.7 Å². The fourth-order valence-corrected chi connectivity index (χ4v) is 3.12. The van der Waals surface area contributed by atoms with Crippen molar-refractivity contribution >= 4 is 22.5 Å². The van der Waals surface area contributed by atoms with Crippen LogP contribution in [0.4, 0.5) is 11.5 Å². The summed E-state index contributed by atoms with van der Waals surface area (Å²) in [6.45, 7) is 2.63. The molecule has 140 valence electrons. The highest BCUT2D eigenvalue weighted by Crippen LogP contribution is 2.26. The van der Waals surface area contributed by atoms with E-state index in [-0.39, 0.29) is 5.69 Å². The number of rotatable bonds is 6. The second-order valence-corrected chi connectivity index (χ2v) is 6.35. The van der Waals surface area contributed by atoms with Gasteiger partial charge in [0.15, 0.2) is 5.65 Å². The monoisotopic (exact) mass is 374 g/mol. The summed E-state index contributed by atoms with van der Waals surface area (Å²) >= 11 is 0. The normalized spacial score (nSPS) is 10.9. The highest BCUT2D eigenvalue weighted by Gasteiger charge is 2.15. The highest BCUT2D eigenvalue weighted by atomic mass is 16.6. The van der Waals surface area contributed by atoms with Crippen LogP contribution in [0.1, 0.15) is 11.3 Å². The Kier molecular flexibility index (Phi) is 4.67. The first-order chi connectivity index (χ1) is 13.6. The second-order valence-electron chi connectivity index (χ2n) is 6.35. The lowest BCUT2D eigenvalue weighted by atomic mass is 10.1. The summed E-state index contributed by atoms with van der Waals surface area (Å²) < 4.78 is 1.68. The molecule has 4 aromatic rings. The zero-order valence-corrected chi connectivity index (χ0v) is 15.2. The predicted octanol–water partition coefficient (Wildman–Crippen LogP) is 3.69. The first-order valence-electron chi connectivity index (χ1n) is 8.86. The molecular weight excluding hydrogens is 356 g/mol. The summed E-state index contributed by atoms with van der Waals surface area (Å²) in [4.78, 5) is 19.2. The van der Waals surface area contributed by atoms with E-state index in [1.807, 2.05) is 25.1 Å². The Morgan fingerprint density at radius 1 is 1.07 bits per heavy atom. The molecule has 0 saturated heterocycles. The molecule has 0 saturated carbocycles. The minimum atomic E-state index is -0.423. The number of aromatic nitrogens is 4. The number of benzene rings is 2. The minimum Gasteiger partial charge on any atom is -0.369 e. The van der Waals surface area contributed by atoms with Crippen LogP contribution in [0.3, 0.4) is 0 Å². The number of hydrogen-bond donors (Lipinski definition) is 1. The molecule has 2 heterocycles. The van der Waals surface area contributed by atoms with E-state index in [9.17, 15) is 10.1 Å².